The van der Waals surface area contributed by atoms with Crippen molar-refractivity contribution in [1.29, 1.82) is 0 Å². The Hall–Kier alpha value is -2.09. The number of benzene rings is 1. The molecule has 3 rings (SSSR count). The first-order valence-electron chi connectivity index (χ1n) is 10.5. The van der Waals surface area contributed by atoms with Crippen molar-refractivity contribution in [3.63, 3.8) is 0 Å². The van der Waals surface area contributed by atoms with E-state index < -0.39 is 6.61 Å². The summed E-state index contributed by atoms with van der Waals surface area (Å²) in [6.45, 7) is 0.219. The van der Waals surface area contributed by atoms with E-state index in [4.69, 9.17) is 4.74 Å². The molecule has 2 fully saturated rings. The van der Waals surface area contributed by atoms with Crippen LogP contribution in [0.15, 0.2) is 29.3 Å². The number of hydrogen-bond acceptors (Lipinski definition) is 4. The maximum Gasteiger partial charge on any atom is 0.387 e. The highest BCUT2D eigenvalue weighted by Crippen LogP contribution is 2.31. The average molecular weight is 411 g/mol. The molecular formula is C21H32F2N4O2. The lowest BCUT2D eigenvalue weighted by Gasteiger charge is -2.22. The number of aliphatic imine (C=N–C) groups is 1. The Morgan fingerprint density at radius 2 is 2.03 bits per heavy atom. The van der Waals surface area contributed by atoms with E-state index in [0.717, 1.165) is 38.5 Å². The van der Waals surface area contributed by atoms with Crippen molar-refractivity contribution >= 4 is 11.6 Å². The van der Waals surface area contributed by atoms with Crippen LogP contribution in [0.5, 0.6) is 5.75 Å². The molecule has 1 heterocycles. The molecule has 2 N–H and O–H groups in total. The SMILES string of the molecule is CN=C(NCCCOC1CCCC1)NC1CCN(c2ccccc2OC(F)F)C1. The van der Waals surface area contributed by atoms with Crippen molar-refractivity contribution in [1.82, 2.24) is 10.6 Å². The molecule has 1 saturated heterocycles. The standard InChI is InChI=1S/C21H32F2N4O2/c1-24-21(25-12-6-14-28-17-7-2-3-8-17)26-16-11-13-27(15-16)18-9-4-5-10-19(18)29-20(22)23/h4-5,9-10,16-17,20H,2-3,6-8,11-15H2,1H3,(H2,24,25,26). The Bertz CT molecular complexity index is 653. The molecular weight excluding hydrogens is 378 g/mol. The van der Waals surface area contributed by atoms with Gasteiger partial charge >= 0.3 is 6.61 Å². The van der Waals surface area contributed by atoms with Gasteiger partial charge in [-0.05, 0) is 37.8 Å². The maximum atomic E-state index is 12.7. The zero-order chi connectivity index (χ0) is 20.5. The quantitative estimate of drug-likeness (QED) is 0.371. The third-order valence-corrected chi connectivity index (χ3v) is 5.44. The molecule has 162 valence electrons. The first kappa shape index (κ1) is 21.6. The lowest BCUT2D eigenvalue weighted by Crippen LogP contribution is -2.45. The van der Waals surface area contributed by atoms with E-state index in [-0.39, 0.29) is 11.8 Å². The van der Waals surface area contributed by atoms with E-state index >= 15 is 0 Å². The van der Waals surface area contributed by atoms with Gasteiger partial charge in [0.2, 0.25) is 0 Å². The number of nitrogens with one attached hydrogen (secondary N) is 2. The highest BCUT2D eigenvalue weighted by molar-refractivity contribution is 5.80. The van der Waals surface area contributed by atoms with Crippen LogP contribution in [0, 0.1) is 0 Å². The van der Waals surface area contributed by atoms with E-state index in [1.165, 1.54) is 25.7 Å². The molecule has 0 amide bonds. The van der Waals surface area contributed by atoms with Crippen molar-refractivity contribution in [2.24, 2.45) is 4.99 Å². The lowest BCUT2D eigenvalue weighted by molar-refractivity contribution is -0.0495. The average Bonchev–Trinajstić information content (AvgIpc) is 3.39. The summed E-state index contributed by atoms with van der Waals surface area (Å²) in [6.07, 6.45) is 7.25. The molecule has 1 unspecified atom stereocenters. The second-order valence-corrected chi connectivity index (χ2v) is 7.55. The van der Waals surface area contributed by atoms with Crippen molar-refractivity contribution in [2.45, 2.75) is 57.3 Å². The van der Waals surface area contributed by atoms with Gasteiger partial charge < -0.3 is 25.0 Å². The minimum absolute atomic E-state index is 0.190. The van der Waals surface area contributed by atoms with Gasteiger partial charge in [0.25, 0.3) is 0 Å². The summed E-state index contributed by atoms with van der Waals surface area (Å²) in [7, 11) is 1.75. The van der Waals surface area contributed by atoms with E-state index in [1.54, 1.807) is 19.2 Å². The molecule has 8 heteroatoms. The van der Waals surface area contributed by atoms with Gasteiger partial charge in [0, 0.05) is 39.3 Å². The number of ether oxygens (including phenoxy) is 2. The predicted molar refractivity (Wildman–Crippen MR) is 111 cm³/mol. The Morgan fingerprint density at radius 3 is 2.79 bits per heavy atom. The van der Waals surface area contributed by atoms with Gasteiger partial charge in [-0.25, -0.2) is 0 Å². The van der Waals surface area contributed by atoms with Crippen LogP contribution in [-0.4, -0.2) is 58.0 Å². The smallest absolute Gasteiger partial charge is 0.387 e. The zero-order valence-corrected chi connectivity index (χ0v) is 17.1. The Balaban J connectivity index is 1.40. The van der Waals surface area contributed by atoms with Crippen LogP contribution >= 0.6 is 0 Å². The van der Waals surface area contributed by atoms with Gasteiger partial charge in [0.1, 0.15) is 5.75 Å². The van der Waals surface area contributed by atoms with Crippen LogP contribution < -0.4 is 20.3 Å². The van der Waals surface area contributed by atoms with Crippen LogP contribution in [0.1, 0.15) is 38.5 Å². The van der Waals surface area contributed by atoms with Crippen molar-refractivity contribution in [2.75, 3.05) is 38.2 Å². The summed E-state index contributed by atoms with van der Waals surface area (Å²) in [5, 5.41) is 6.76. The van der Waals surface area contributed by atoms with Crippen LogP contribution in [0.4, 0.5) is 14.5 Å². The summed E-state index contributed by atoms with van der Waals surface area (Å²) in [5.41, 5.74) is 0.698. The van der Waals surface area contributed by atoms with Crippen LogP contribution in [0.2, 0.25) is 0 Å². The molecule has 1 aliphatic carbocycles. The largest absolute Gasteiger partial charge is 0.433 e. The molecule has 2 aliphatic rings. The van der Waals surface area contributed by atoms with Crippen LogP contribution in [-0.2, 0) is 4.74 Å². The summed E-state index contributed by atoms with van der Waals surface area (Å²) in [4.78, 5) is 6.36. The van der Waals surface area contributed by atoms with Crippen LogP contribution in [0.3, 0.4) is 0 Å². The van der Waals surface area contributed by atoms with E-state index in [9.17, 15) is 8.78 Å². The summed E-state index contributed by atoms with van der Waals surface area (Å²) < 4.78 is 35.9. The number of nitrogens with zero attached hydrogens (tertiary/aromatic N) is 2. The number of anilines is 1. The van der Waals surface area contributed by atoms with Gasteiger partial charge in [-0.3, -0.25) is 4.99 Å². The summed E-state index contributed by atoms with van der Waals surface area (Å²) in [6, 6.07) is 7.13. The molecule has 0 radical (unpaired) electrons. The van der Waals surface area contributed by atoms with E-state index in [0.29, 0.717) is 18.3 Å². The van der Waals surface area contributed by atoms with E-state index in [2.05, 4.69) is 25.3 Å². The van der Waals surface area contributed by atoms with Crippen LogP contribution in [0.25, 0.3) is 0 Å². The van der Waals surface area contributed by atoms with Gasteiger partial charge in [0.05, 0.1) is 11.8 Å². The first-order chi connectivity index (χ1) is 14.2. The summed E-state index contributed by atoms with van der Waals surface area (Å²) in [5.74, 6) is 0.975. The van der Waals surface area contributed by atoms with Gasteiger partial charge in [-0.15, -0.1) is 0 Å². The molecule has 1 atom stereocenters. The minimum Gasteiger partial charge on any atom is -0.433 e. The second-order valence-electron chi connectivity index (χ2n) is 7.55. The highest BCUT2D eigenvalue weighted by atomic mass is 19.3. The topological polar surface area (TPSA) is 58.1 Å². The Kier molecular flexibility index (Phi) is 8.34. The predicted octanol–water partition coefficient (Wildman–Crippen LogP) is 3.38. The molecule has 1 aromatic carbocycles. The third-order valence-electron chi connectivity index (χ3n) is 5.44. The third kappa shape index (κ3) is 6.73. The lowest BCUT2D eigenvalue weighted by atomic mass is 10.2. The van der Waals surface area contributed by atoms with Gasteiger partial charge in [-0.1, -0.05) is 25.0 Å². The minimum atomic E-state index is -2.83. The van der Waals surface area contributed by atoms with E-state index in [1.807, 2.05) is 12.1 Å². The molecule has 6 nitrogen and oxygen atoms in total. The number of guanidine groups is 1. The molecule has 0 aromatic heterocycles. The molecule has 1 saturated carbocycles. The number of alkyl halides is 2. The number of hydrogen-bond donors (Lipinski definition) is 2. The highest BCUT2D eigenvalue weighted by Gasteiger charge is 2.26. The fourth-order valence-corrected chi connectivity index (χ4v) is 3.98. The van der Waals surface area contributed by atoms with Crippen molar-refractivity contribution in [3.8, 4) is 5.75 Å². The Morgan fingerprint density at radius 1 is 1.24 bits per heavy atom. The summed E-state index contributed by atoms with van der Waals surface area (Å²) >= 11 is 0. The molecule has 29 heavy (non-hydrogen) atoms. The zero-order valence-electron chi connectivity index (χ0n) is 17.1. The van der Waals surface area contributed by atoms with Crippen molar-refractivity contribution in [3.05, 3.63) is 24.3 Å². The fraction of sp³-hybridized carbons (Fsp3) is 0.667. The number of halogens is 2. The maximum absolute atomic E-state index is 12.7. The normalized spacial score (nSPS) is 20.5. The van der Waals surface area contributed by atoms with Crippen molar-refractivity contribution < 1.29 is 18.3 Å². The fourth-order valence-electron chi connectivity index (χ4n) is 3.98. The van der Waals surface area contributed by atoms with Gasteiger partial charge in [0.15, 0.2) is 5.96 Å². The number of para-hydroxylation sites is 2. The molecule has 0 bridgehead atoms. The number of rotatable bonds is 9. The molecule has 1 aromatic rings. The first-order valence-corrected chi connectivity index (χ1v) is 10.5. The molecule has 1 aliphatic heterocycles. The molecule has 0 spiro atoms. The second kappa shape index (κ2) is 11.2. The van der Waals surface area contributed by atoms with Gasteiger partial charge in [-0.2, -0.15) is 8.78 Å². The monoisotopic (exact) mass is 410 g/mol. The Labute approximate surface area is 171 Å².